The predicted octanol–water partition coefficient (Wildman–Crippen LogP) is -0.311. The number of ether oxygens (including phenoxy) is 1. The van der Waals surface area contributed by atoms with Crippen LogP contribution in [0.15, 0.2) is 0 Å². The van der Waals surface area contributed by atoms with Crippen LogP contribution in [-0.4, -0.2) is 29.2 Å². The molecule has 0 aromatic heterocycles. The second-order valence-corrected chi connectivity index (χ2v) is 2.53. The van der Waals surface area contributed by atoms with Gasteiger partial charge >= 0.3 is 0 Å². The molecule has 0 saturated heterocycles. The Bertz CT molecular complexity index is 11.7. The van der Waals surface area contributed by atoms with E-state index in [1.54, 1.807) is 14.2 Å². The van der Waals surface area contributed by atoms with E-state index in [9.17, 15) is 0 Å². The summed E-state index contributed by atoms with van der Waals surface area (Å²) in [6.07, 6.45) is 0. The maximum Gasteiger partial charge on any atom is 0.0351 e. The van der Waals surface area contributed by atoms with Gasteiger partial charge in [-0.25, -0.2) is 0 Å². The fourth-order valence-electron chi connectivity index (χ4n) is 0. The van der Waals surface area contributed by atoms with E-state index in [0.717, 1.165) is 0 Å². The normalized spacial score (nSPS) is 5.14. The largest absolute Gasteiger partial charge is 0.412 e. The van der Waals surface area contributed by atoms with Gasteiger partial charge in [-0.1, -0.05) is 13.1 Å². The van der Waals surface area contributed by atoms with Crippen LogP contribution >= 0.6 is 0 Å². The number of hydrogen-bond donors (Lipinski definition) is 0. The first-order valence-corrected chi connectivity index (χ1v) is 5.06. The molecule has 0 bridgehead atoms. The Morgan fingerprint density at radius 3 is 1.14 bits per heavy atom. The molecule has 0 aliphatic carbocycles. The van der Waals surface area contributed by atoms with E-state index >= 15 is 0 Å². The van der Waals surface area contributed by atoms with Crippen molar-refractivity contribution >= 4 is 9.52 Å². The summed E-state index contributed by atoms with van der Waals surface area (Å²) in [6.45, 7) is 4.53. The molecule has 0 fully saturated rings. The molecule has 0 aromatic rings. The van der Waals surface area contributed by atoms with E-state index in [4.69, 9.17) is 0 Å². The monoisotopic (exact) mass is 124 g/mol. The Morgan fingerprint density at radius 2 is 1.14 bits per heavy atom. The van der Waals surface area contributed by atoms with Crippen molar-refractivity contribution in [3.05, 3.63) is 0 Å². The minimum atomic E-state index is 0. The average molecular weight is 124 g/mol. The molecule has 0 aromatic carbocycles. The van der Waals surface area contributed by atoms with Crippen LogP contribution < -0.4 is 0 Å². The minimum absolute atomic E-state index is 0. The fraction of sp³-hybridized carbons (Fsp3) is 1.00. The average Bonchev–Trinajstić information content (AvgIpc) is 1.39. The summed E-state index contributed by atoms with van der Waals surface area (Å²) in [5.41, 5.74) is 0. The highest BCUT2D eigenvalue weighted by Crippen LogP contribution is 1.36. The lowest BCUT2D eigenvalue weighted by molar-refractivity contribution is 0.277. The Hall–Kier alpha value is 0.137. The molecule has 0 radical (unpaired) electrons. The first-order chi connectivity index (χ1) is 2.83. The van der Waals surface area contributed by atoms with Crippen molar-refractivity contribution in [3.63, 3.8) is 0 Å². The number of hydrogen-bond acceptors (Lipinski definition) is 1. The Labute approximate surface area is 48.0 Å². The van der Waals surface area contributed by atoms with Crippen LogP contribution in [-0.2, 0) is 4.74 Å². The molecule has 0 rings (SSSR count). The molecule has 0 unspecified atom stereocenters. The highest BCUT2D eigenvalue weighted by Gasteiger charge is 1.38. The smallest absolute Gasteiger partial charge is 0.0351 e. The Morgan fingerprint density at radius 1 is 1.14 bits per heavy atom. The van der Waals surface area contributed by atoms with Crippen LogP contribution in [0.25, 0.3) is 0 Å². The lowest BCUT2D eigenvalue weighted by atomic mass is 11.6. The SMILES string of the molecule is COC.C[SiH2]C.O. The highest BCUT2D eigenvalue weighted by atomic mass is 28.2. The van der Waals surface area contributed by atoms with Gasteiger partial charge in [0.1, 0.15) is 0 Å². The number of methoxy groups -OCH3 is 1. The summed E-state index contributed by atoms with van der Waals surface area (Å²) in [4.78, 5) is 0. The van der Waals surface area contributed by atoms with E-state index in [2.05, 4.69) is 17.8 Å². The molecule has 0 aliphatic rings. The molecule has 0 spiro atoms. The van der Waals surface area contributed by atoms with Gasteiger partial charge in [-0.15, -0.1) is 0 Å². The van der Waals surface area contributed by atoms with Gasteiger partial charge in [0.15, 0.2) is 0 Å². The fourth-order valence-corrected chi connectivity index (χ4v) is 0. The maximum absolute atomic E-state index is 4.25. The quantitative estimate of drug-likeness (QED) is 0.408. The molecule has 3 heteroatoms. The van der Waals surface area contributed by atoms with Crippen molar-refractivity contribution in [2.45, 2.75) is 13.1 Å². The molecule has 0 atom stereocenters. The van der Waals surface area contributed by atoms with Gasteiger partial charge in [-0.3, -0.25) is 0 Å². The second-order valence-electron chi connectivity index (χ2n) is 1.12. The van der Waals surface area contributed by atoms with Crippen LogP contribution in [0.5, 0.6) is 0 Å². The van der Waals surface area contributed by atoms with Gasteiger partial charge in [0, 0.05) is 23.7 Å². The summed E-state index contributed by atoms with van der Waals surface area (Å²) in [6, 6.07) is 0. The second kappa shape index (κ2) is 35.5. The van der Waals surface area contributed by atoms with Crippen LogP contribution in [0.2, 0.25) is 13.1 Å². The maximum atomic E-state index is 4.25. The van der Waals surface area contributed by atoms with Gasteiger partial charge in [0.2, 0.25) is 0 Å². The van der Waals surface area contributed by atoms with Gasteiger partial charge in [0.05, 0.1) is 0 Å². The van der Waals surface area contributed by atoms with Gasteiger partial charge < -0.3 is 10.2 Å². The van der Waals surface area contributed by atoms with Crippen molar-refractivity contribution in [2.24, 2.45) is 0 Å². The molecular formula is C4H16O2Si. The summed E-state index contributed by atoms with van der Waals surface area (Å²) in [5.74, 6) is 0. The van der Waals surface area contributed by atoms with Crippen molar-refractivity contribution < 1.29 is 10.2 Å². The summed E-state index contributed by atoms with van der Waals surface area (Å²) in [5, 5.41) is 0. The van der Waals surface area contributed by atoms with Crippen molar-refractivity contribution in [1.29, 1.82) is 0 Å². The third-order valence-electron chi connectivity index (χ3n) is 0. The van der Waals surface area contributed by atoms with Gasteiger partial charge in [-0.2, -0.15) is 0 Å². The molecule has 2 N–H and O–H groups in total. The zero-order chi connectivity index (χ0) is 5.41. The van der Waals surface area contributed by atoms with E-state index in [0.29, 0.717) is 9.52 Å². The lowest BCUT2D eigenvalue weighted by Gasteiger charge is -1.61. The molecular weight excluding hydrogens is 108 g/mol. The predicted molar refractivity (Wildman–Crippen MR) is 36.8 cm³/mol. The van der Waals surface area contributed by atoms with Crippen LogP contribution in [0.1, 0.15) is 0 Å². The van der Waals surface area contributed by atoms with E-state index in [1.165, 1.54) is 0 Å². The highest BCUT2D eigenvalue weighted by molar-refractivity contribution is 6.31. The summed E-state index contributed by atoms with van der Waals surface area (Å²) < 4.78 is 4.25. The molecule has 0 heterocycles. The molecule has 2 nitrogen and oxygen atoms in total. The summed E-state index contributed by atoms with van der Waals surface area (Å²) >= 11 is 0. The first kappa shape index (κ1) is 15.7. The van der Waals surface area contributed by atoms with E-state index in [1.807, 2.05) is 0 Å². The van der Waals surface area contributed by atoms with E-state index in [-0.39, 0.29) is 5.48 Å². The molecule has 48 valence electrons. The van der Waals surface area contributed by atoms with Crippen molar-refractivity contribution in [2.75, 3.05) is 14.2 Å². The third-order valence-corrected chi connectivity index (χ3v) is 0. The Balaban J connectivity index is -0.0000000400. The van der Waals surface area contributed by atoms with Crippen molar-refractivity contribution in [3.8, 4) is 0 Å². The van der Waals surface area contributed by atoms with E-state index < -0.39 is 0 Å². The third kappa shape index (κ3) is 5610. The molecule has 0 amide bonds. The zero-order valence-corrected chi connectivity index (χ0v) is 7.03. The Kier molecular flexibility index (Phi) is 79.6. The molecule has 7 heavy (non-hydrogen) atoms. The van der Waals surface area contributed by atoms with Crippen LogP contribution in [0, 0.1) is 0 Å². The van der Waals surface area contributed by atoms with Crippen LogP contribution in [0.4, 0.5) is 0 Å². The minimum Gasteiger partial charge on any atom is -0.412 e. The first-order valence-electron chi connectivity index (χ1n) is 2.23. The summed E-state index contributed by atoms with van der Waals surface area (Å²) in [7, 11) is 3.67. The van der Waals surface area contributed by atoms with Gasteiger partial charge in [-0.05, 0) is 0 Å². The topological polar surface area (TPSA) is 40.7 Å². The molecule has 0 saturated carbocycles. The van der Waals surface area contributed by atoms with Gasteiger partial charge in [0.25, 0.3) is 0 Å². The standard InChI is InChI=1S/C2H6O.C2H8Si.H2O/c2*1-3-2;/h1-2H3;3H2,1-2H3;1H2. The molecule has 0 aliphatic heterocycles. The van der Waals surface area contributed by atoms with Crippen molar-refractivity contribution in [1.82, 2.24) is 0 Å². The lowest BCUT2D eigenvalue weighted by Crippen LogP contribution is -1.55. The zero-order valence-electron chi connectivity index (χ0n) is 5.62. The van der Waals surface area contributed by atoms with Crippen LogP contribution in [0.3, 0.4) is 0 Å². The number of rotatable bonds is 0.